The second kappa shape index (κ2) is 8.11. The Kier molecular flexibility index (Phi) is 5.87. The zero-order valence-corrected chi connectivity index (χ0v) is 16.5. The average molecular weight is 453 g/mol. The molecule has 2 aliphatic carbocycles. The second-order valence-electron chi connectivity index (χ2n) is 6.70. The standard InChI is InChI=1S/C17H23N7.HI/c18-17(19-10-16-21-22-23-24(16)11-12-8-9-12)20-15-7-3-5-13-4-1-2-6-14(13)15;/h3,5,7,12H,1-2,4,6,8-11H2,(H3,18,19,20);1H. The van der Waals surface area contributed by atoms with Gasteiger partial charge in [0, 0.05) is 12.2 Å². The van der Waals surface area contributed by atoms with E-state index in [-0.39, 0.29) is 24.0 Å². The van der Waals surface area contributed by atoms with E-state index in [1.165, 1.54) is 36.8 Å². The largest absolute Gasteiger partial charge is 0.370 e. The topological polar surface area (TPSA) is 94.0 Å². The number of benzene rings is 1. The van der Waals surface area contributed by atoms with Gasteiger partial charge in [0.05, 0.1) is 0 Å². The third-order valence-corrected chi connectivity index (χ3v) is 4.78. The number of hydrogen-bond donors (Lipinski definition) is 2. The van der Waals surface area contributed by atoms with Gasteiger partial charge in [-0.05, 0) is 72.1 Å². The number of nitrogens with two attached hydrogens (primary N) is 1. The molecular formula is C17H24IN7. The number of aromatic nitrogens is 4. The predicted octanol–water partition coefficient (Wildman–Crippen LogP) is 2.51. The molecule has 0 bridgehead atoms. The minimum absolute atomic E-state index is 0. The summed E-state index contributed by atoms with van der Waals surface area (Å²) in [5.41, 5.74) is 9.95. The lowest BCUT2D eigenvalue weighted by molar-refractivity contribution is 0.524. The first-order valence-electron chi connectivity index (χ1n) is 8.72. The summed E-state index contributed by atoms with van der Waals surface area (Å²) in [4.78, 5) is 4.42. The van der Waals surface area contributed by atoms with Crippen molar-refractivity contribution in [3.05, 3.63) is 35.2 Å². The molecule has 2 aliphatic rings. The molecule has 1 fully saturated rings. The molecule has 0 radical (unpaired) electrons. The fourth-order valence-corrected chi connectivity index (χ4v) is 3.26. The van der Waals surface area contributed by atoms with Crippen molar-refractivity contribution in [1.82, 2.24) is 20.2 Å². The molecule has 2 aromatic rings. The van der Waals surface area contributed by atoms with Crippen molar-refractivity contribution in [2.45, 2.75) is 51.6 Å². The molecule has 1 heterocycles. The van der Waals surface area contributed by atoms with Gasteiger partial charge >= 0.3 is 0 Å². The van der Waals surface area contributed by atoms with E-state index >= 15 is 0 Å². The van der Waals surface area contributed by atoms with Crippen LogP contribution in [0.15, 0.2) is 23.2 Å². The lowest BCUT2D eigenvalue weighted by atomic mass is 9.90. The van der Waals surface area contributed by atoms with Crippen LogP contribution >= 0.6 is 24.0 Å². The summed E-state index contributed by atoms with van der Waals surface area (Å²) < 4.78 is 1.85. The average Bonchev–Trinajstić information content (AvgIpc) is 3.30. The van der Waals surface area contributed by atoms with Crippen LogP contribution in [0.3, 0.4) is 0 Å². The van der Waals surface area contributed by atoms with Gasteiger partial charge in [-0.2, -0.15) is 0 Å². The Hall–Kier alpha value is -1.71. The van der Waals surface area contributed by atoms with E-state index in [0.717, 1.165) is 36.8 Å². The monoisotopic (exact) mass is 453 g/mol. The van der Waals surface area contributed by atoms with Crippen LogP contribution in [-0.2, 0) is 25.9 Å². The molecule has 0 aliphatic heterocycles. The first-order chi connectivity index (χ1) is 11.8. The Bertz CT molecular complexity index is 751. The highest BCUT2D eigenvalue weighted by atomic mass is 127. The number of halogens is 1. The number of aryl methyl sites for hydroxylation is 1. The van der Waals surface area contributed by atoms with Crippen molar-refractivity contribution in [3.8, 4) is 0 Å². The molecule has 134 valence electrons. The Morgan fingerprint density at radius 3 is 2.96 bits per heavy atom. The van der Waals surface area contributed by atoms with Crippen LogP contribution in [0.2, 0.25) is 0 Å². The number of guanidine groups is 1. The van der Waals surface area contributed by atoms with E-state index in [4.69, 9.17) is 5.73 Å². The van der Waals surface area contributed by atoms with Crippen molar-refractivity contribution >= 4 is 35.6 Å². The fraction of sp³-hybridized carbons (Fsp3) is 0.529. The summed E-state index contributed by atoms with van der Waals surface area (Å²) in [7, 11) is 0. The van der Waals surface area contributed by atoms with Crippen LogP contribution in [0.25, 0.3) is 0 Å². The van der Waals surface area contributed by atoms with Gasteiger partial charge in [-0.3, -0.25) is 0 Å². The molecule has 1 aromatic heterocycles. The van der Waals surface area contributed by atoms with Gasteiger partial charge < -0.3 is 11.1 Å². The van der Waals surface area contributed by atoms with Gasteiger partial charge in [-0.15, -0.1) is 29.1 Å². The van der Waals surface area contributed by atoms with Crippen molar-refractivity contribution < 1.29 is 0 Å². The number of tetrazole rings is 1. The van der Waals surface area contributed by atoms with E-state index in [1.807, 2.05) is 4.68 Å². The summed E-state index contributed by atoms with van der Waals surface area (Å²) in [5.74, 6) is 1.90. The highest BCUT2D eigenvalue weighted by Gasteiger charge is 2.23. The van der Waals surface area contributed by atoms with Crippen LogP contribution in [0, 0.1) is 5.92 Å². The van der Waals surface area contributed by atoms with Crippen LogP contribution in [-0.4, -0.2) is 26.2 Å². The molecule has 0 amide bonds. The Labute approximate surface area is 164 Å². The van der Waals surface area contributed by atoms with Gasteiger partial charge in [0.25, 0.3) is 0 Å². The van der Waals surface area contributed by atoms with Gasteiger partial charge in [-0.1, -0.05) is 12.1 Å². The molecule has 0 unspecified atom stereocenters. The molecule has 0 atom stereocenters. The first kappa shape index (κ1) is 18.1. The van der Waals surface area contributed by atoms with Gasteiger partial charge in [-0.25, -0.2) is 9.67 Å². The molecule has 0 spiro atoms. The smallest absolute Gasteiger partial charge is 0.193 e. The summed E-state index contributed by atoms with van der Waals surface area (Å²) >= 11 is 0. The lowest BCUT2D eigenvalue weighted by Gasteiger charge is -2.19. The van der Waals surface area contributed by atoms with E-state index in [0.29, 0.717) is 12.5 Å². The summed E-state index contributed by atoms with van der Waals surface area (Å²) in [6.45, 7) is 1.28. The Balaban J connectivity index is 0.00000182. The number of rotatable bonds is 5. The summed E-state index contributed by atoms with van der Waals surface area (Å²) in [5, 5.41) is 15.1. The van der Waals surface area contributed by atoms with Gasteiger partial charge in [0.1, 0.15) is 6.54 Å². The molecule has 0 saturated heterocycles. The van der Waals surface area contributed by atoms with E-state index < -0.39 is 0 Å². The number of fused-ring (bicyclic) bond motifs is 1. The Morgan fingerprint density at radius 2 is 2.12 bits per heavy atom. The maximum Gasteiger partial charge on any atom is 0.193 e. The van der Waals surface area contributed by atoms with E-state index in [2.05, 4.69) is 44.0 Å². The number of nitrogens with zero attached hydrogens (tertiary/aromatic N) is 5. The Morgan fingerprint density at radius 1 is 1.28 bits per heavy atom. The minimum Gasteiger partial charge on any atom is -0.370 e. The zero-order chi connectivity index (χ0) is 16.4. The van der Waals surface area contributed by atoms with Crippen LogP contribution in [0.5, 0.6) is 0 Å². The van der Waals surface area contributed by atoms with Crippen LogP contribution in [0.4, 0.5) is 5.69 Å². The molecule has 1 aromatic carbocycles. The predicted molar refractivity (Wildman–Crippen MR) is 108 cm³/mol. The molecule has 25 heavy (non-hydrogen) atoms. The minimum atomic E-state index is 0. The third-order valence-electron chi connectivity index (χ3n) is 4.78. The summed E-state index contributed by atoms with van der Waals surface area (Å²) in [6, 6.07) is 6.36. The van der Waals surface area contributed by atoms with Gasteiger partial charge in [0.15, 0.2) is 11.8 Å². The molecule has 3 N–H and O–H groups in total. The number of nitrogens with one attached hydrogen (secondary N) is 1. The number of anilines is 1. The highest BCUT2D eigenvalue weighted by Crippen LogP contribution is 2.30. The quantitative estimate of drug-likeness (QED) is 0.412. The molecule has 7 nitrogen and oxygen atoms in total. The van der Waals surface area contributed by atoms with E-state index in [1.54, 1.807) is 0 Å². The SMILES string of the molecule is I.NC(=NCc1nnnn1CC1CC1)Nc1cccc2c1CCCC2. The summed E-state index contributed by atoms with van der Waals surface area (Å²) in [6.07, 6.45) is 7.29. The van der Waals surface area contributed by atoms with Crippen molar-refractivity contribution in [3.63, 3.8) is 0 Å². The van der Waals surface area contributed by atoms with Gasteiger partial charge in [0.2, 0.25) is 0 Å². The maximum atomic E-state index is 6.08. The normalized spacial score (nSPS) is 16.9. The number of hydrogen-bond acceptors (Lipinski definition) is 4. The third kappa shape index (κ3) is 4.47. The fourth-order valence-electron chi connectivity index (χ4n) is 3.26. The highest BCUT2D eigenvalue weighted by molar-refractivity contribution is 14.0. The molecule has 4 rings (SSSR count). The molecule has 1 saturated carbocycles. The maximum absolute atomic E-state index is 6.08. The molecule has 8 heteroatoms. The molecular weight excluding hydrogens is 429 g/mol. The first-order valence-corrected chi connectivity index (χ1v) is 8.72. The van der Waals surface area contributed by atoms with Crippen molar-refractivity contribution in [2.75, 3.05) is 5.32 Å². The van der Waals surface area contributed by atoms with Crippen LogP contribution < -0.4 is 11.1 Å². The van der Waals surface area contributed by atoms with Crippen molar-refractivity contribution in [1.29, 1.82) is 0 Å². The van der Waals surface area contributed by atoms with Crippen molar-refractivity contribution in [2.24, 2.45) is 16.6 Å². The number of aliphatic imine (C=N–C) groups is 1. The lowest BCUT2D eigenvalue weighted by Crippen LogP contribution is -2.24. The van der Waals surface area contributed by atoms with E-state index in [9.17, 15) is 0 Å². The van der Waals surface area contributed by atoms with Crippen LogP contribution in [0.1, 0.15) is 42.6 Å². The zero-order valence-electron chi connectivity index (χ0n) is 14.2. The second-order valence-corrected chi connectivity index (χ2v) is 6.70.